The number of ether oxygens (including phenoxy) is 1. The van der Waals surface area contributed by atoms with Gasteiger partial charge in [0.15, 0.2) is 0 Å². The predicted octanol–water partition coefficient (Wildman–Crippen LogP) is 5.19. The molecule has 2 aromatic carbocycles. The summed E-state index contributed by atoms with van der Waals surface area (Å²) in [6, 6.07) is 17.8. The number of rotatable bonds is 7. The molecule has 0 radical (unpaired) electrons. The first-order valence-corrected chi connectivity index (χ1v) is 10.2. The van der Waals surface area contributed by atoms with Crippen molar-refractivity contribution in [2.45, 2.75) is 25.8 Å². The Balaban J connectivity index is 1.58. The minimum Gasteiger partial charge on any atom is -0.497 e. The van der Waals surface area contributed by atoms with Crippen LogP contribution in [-0.4, -0.2) is 23.0 Å². The summed E-state index contributed by atoms with van der Waals surface area (Å²) < 4.78 is 19.2. The van der Waals surface area contributed by atoms with E-state index in [1.807, 2.05) is 49.4 Å². The highest BCUT2D eigenvalue weighted by Crippen LogP contribution is 2.32. The van der Waals surface area contributed by atoms with Crippen LogP contribution in [0.1, 0.15) is 30.6 Å². The standard InChI is InChI=1S/C25H24FN3O2/c1-16(22-5-3-4-14-27-22)28-24(30)13-11-20-21-15-18(26)8-12-23(21)29-25(20)17-6-9-19(31-2)10-7-17/h3-10,12,14-16,29H,11,13H2,1-2H3,(H,28,30)/t16-/m0/s1. The number of carbonyl (C=O) groups excluding carboxylic acids is 1. The predicted molar refractivity (Wildman–Crippen MR) is 119 cm³/mol. The third kappa shape index (κ3) is 4.58. The lowest BCUT2D eigenvalue weighted by molar-refractivity contribution is -0.121. The van der Waals surface area contributed by atoms with E-state index < -0.39 is 0 Å². The van der Waals surface area contributed by atoms with E-state index in [2.05, 4.69) is 15.3 Å². The SMILES string of the molecule is COc1ccc(-c2[nH]c3ccc(F)cc3c2CCC(=O)N[C@@H](C)c2ccccn2)cc1. The number of hydrogen-bond donors (Lipinski definition) is 2. The first kappa shape index (κ1) is 20.6. The summed E-state index contributed by atoms with van der Waals surface area (Å²) in [4.78, 5) is 20.3. The molecule has 158 valence electrons. The van der Waals surface area contributed by atoms with Crippen LogP contribution in [-0.2, 0) is 11.2 Å². The van der Waals surface area contributed by atoms with Crippen LogP contribution in [0, 0.1) is 5.82 Å². The molecule has 1 amide bonds. The molecule has 0 aliphatic heterocycles. The molecule has 4 aromatic rings. The van der Waals surface area contributed by atoms with Crippen molar-refractivity contribution in [3.63, 3.8) is 0 Å². The highest BCUT2D eigenvalue weighted by Gasteiger charge is 2.17. The number of halogens is 1. The van der Waals surface area contributed by atoms with Gasteiger partial charge in [-0.1, -0.05) is 6.07 Å². The molecule has 0 aliphatic carbocycles. The van der Waals surface area contributed by atoms with Crippen LogP contribution >= 0.6 is 0 Å². The van der Waals surface area contributed by atoms with Crippen LogP contribution in [0.15, 0.2) is 66.9 Å². The number of aromatic amines is 1. The first-order chi connectivity index (χ1) is 15.0. The Bertz CT molecular complexity index is 1190. The molecular weight excluding hydrogens is 393 g/mol. The molecule has 0 fully saturated rings. The van der Waals surface area contributed by atoms with Crippen LogP contribution < -0.4 is 10.1 Å². The van der Waals surface area contributed by atoms with Crippen molar-refractivity contribution in [1.82, 2.24) is 15.3 Å². The third-order valence-electron chi connectivity index (χ3n) is 5.36. The van der Waals surface area contributed by atoms with E-state index in [0.29, 0.717) is 6.42 Å². The summed E-state index contributed by atoms with van der Waals surface area (Å²) in [7, 11) is 1.62. The molecule has 2 N–H and O–H groups in total. The van der Waals surface area contributed by atoms with Crippen LogP contribution in [0.4, 0.5) is 4.39 Å². The number of amides is 1. The molecule has 2 heterocycles. The van der Waals surface area contributed by atoms with Gasteiger partial charge in [0, 0.05) is 29.2 Å². The summed E-state index contributed by atoms with van der Waals surface area (Å²) in [5.74, 6) is 0.377. The second-order valence-corrected chi connectivity index (χ2v) is 7.44. The van der Waals surface area contributed by atoms with Crippen molar-refractivity contribution in [3.05, 3.63) is 83.9 Å². The third-order valence-corrected chi connectivity index (χ3v) is 5.36. The molecule has 2 aromatic heterocycles. The van der Waals surface area contributed by atoms with Crippen LogP contribution in [0.5, 0.6) is 5.75 Å². The zero-order chi connectivity index (χ0) is 21.8. The number of fused-ring (bicyclic) bond motifs is 1. The van der Waals surface area contributed by atoms with Gasteiger partial charge in [-0.15, -0.1) is 0 Å². The maximum Gasteiger partial charge on any atom is 0.220 e. The Kier molecular flexibility index (Phi) is 5.98. The lowest BCUT2D eigenvalue weighted by Crippen LogP contribution is -2.27. The minimum absolute atomic E-state index is 0.0791. The first-order valence-electron chi connectivity index (χ1n) is 10.2. The van der Waals surface area contributed by atoms with Gasteiger partial charge in [-0.25, -0.2) is 4.39 Å². The summed E-state index contributed by atoms with van der Waals surface area (Å²) in [6.07, 6.45) is 2.47. The van der Waals surface area contributed by atoms with E-state index >= 15 is 0 Å². The van der Waals surface area contributed by atoms with Gasteiger partial charge >= 0.3 is 0 Å². The Labute approximate surface area is 180 Å². The number of hydrogen-bond acceptors (Lipinski definition) is 3. The lowest BCUT2D eigenvalue weighted by atomic mass is 10.0. The minimum atomic E-state index is -0.303. The van der Waals surface area contributed by atoms with Gasteiger partial charge in [0.25, 0.3) is 0 Å². The number of methoxy groups -OCH3 is 1. The maximum atomic E-state index is 14.0. The van der Waals surface area contributed by atoms with Crippen molar-refractivity contribution < 1.29 is 13.9 Å². The zero-order valence-electron chi connectivity index (χ0n) is 17.5. The molecule has 1 atom stereocenters. The second kappa shape index (κ2) is 9.00. The van der Waals surface area contributed by atoms with Crippen molar-refractivity contribution in [2.24, 2.45) is 0 Å². The van der Waals surface area contributed by atoms with Crippen molar-refractivity contribution in [3.8, 4) is 17.0 Å². The molecule has 31 heavy (non-hydrogen) atoms. The number of carbonyl (C=O) groups is 1. The Morgan fingerprint density at radius 3 is 2.68 bits per heavy atom. The van der Waals surface area contributed by atoms with Crippen molar-refractivity contribution in [2.75, 3.05) is 7.11 Å². The Morgan fingerprint density at radius 2 is 1.97 bits per heavy atom. The lowest BCUT2D eigenvalue weighted by Gasteiger charge is -2.13. The van der Waals surface area contributed by atoms with Gasteiger partial charge in [-0.3, -0.25) is 9.78 Å². The Hall–Kier alpha value is -3.67. The number of nitrogens with one attached hydrogen (secondary N) is 2. The van der Waals surface area contributed by atoms with Crippen LogP contribution in [0.25, 0.3) is 22.2 Å². The van der Waals surface area contributed by atoms with Crippen LogP contribution in [0.2, 0.25) is 0 Å². The number of pyridine rings is 1. The smallest absolute Gasteiger partial charge is 0.220 e. The number of aryl methyl sites for hydroxylation is 1. The summed E-state index contributed by atoms with van der Waals surface area (Å²) in [6.45, 7) is 1.91. The Morgan fingerprint density at radius 1 is 1.16 bits per heavy atom. The fraction of sp³-hybridized carbons (Fsp3) is 0.200. The molecular formula is C25H24FN3O2. The van der Waals surface area contributed by atoms with E-state index in [-0.39, 0.29) is 24.2 Å². The van der Waals surface area contributed by atoms with Crippen molar-refractivity contribution >= 4 is 16.8 Å². The topological polar surface area (TPSA) is 67.0 Å². The summed E-state index contributed by atoms with van der Waals surface area (Å²) in [5.41, 5.74) is 4.40. The van der Waals surface area contributed by atoms with E-state index in [1.165, 1.54) is 12.1 Å². The highest BCUT2D eigenvalue weighted by atomic mass is 19.1. The van der Waals surface area contributed by atoms with Gasteiger partial charge in [-0.2, -0.15) is 0 Å². The number of benzene rings is 2. The summed E-state index contributed by atoms with van der Waals surface area (Å²) in [5, 5.41) is 3.78. The van der Waals surface area contributed by atoms with Gasteiger partial charge in [-0.05, 0) is 79.1 Å². The summed E-state index contributed by atoms with van der Waals surface area (Å²) >= 11 is 0. The average molecular weight is 417 g/mol. The molecule has 0 unspecified atom stereocenters. The van der Waals surface area contributed by atoms with E-state index in [9.17, 15) is 9.18 Å². The van der Waals surface area contributed by atoms with Gasteiger partial charge in [0.2, 0.25) is 5.91 Å². The molecule has 4 rings (SSSR count). The molecule has 0 spiro atoms. The number of aromatic nitrogens is 2. The zero-order valence-corrected chi connectivity index (χ0v) is 17.5. The normalized spacial score (nSPS) is 12.0. The monoisotopic (exact) mass is 417 g/mol. The quantitative estimate of drug-likeness (QED) is 0.435. The van der Waals surface area contributed by atoms with E-state index in [4.69, 9.17) is 4.74 Å². The van der Waals surface area contributed by atoms with Gasteiger partial charge in [0.1, 0.15) is 11.6 Å². The van der Waals surface area contributed by atoms with Gasteiger partial charge < -0.3 is 15.0 Å². The number of H-pyrrole nitrogens is 1. The highest BCUT2D eigenvalue weighted by molar-refractivity contribution is 5.91. The fourth-order valence-electron chi connectivity index (χ4n) is 3.74. The maximum absolute atomic E-state index is 14.0. The number of nitrogens with zero attached hydrogens (tertiary/aromatic N) is 1. The van der Waals surface area contributed by atoms with E-state index in [0.717, 1.165) is 39.2 Å². The second-order valence-electron chi connectivity index (χ2n) is 7.44. The molecule has 0 saturated carbocycles. The van der Waals surface area contributed by atoms with Crippen LogP contribution in [0.3, 0.4) is 0 Å². The van der Waals surface area contributed by atoms with E-state index in [1.54, 1.807) is 19.4 Å². The van der Waals surface area contributed by atoms with Gasteiger partial charge in [0.05, 0.1) is 18.8 Å². The molecule has 5 nitrogen and oxygen atoms in total. The molecule has 0 bridgehead atoms. The molecule has 6 heteroatoms. The largest absolute Gasteiger partial charge is 0.497 e. The average Bonchev–Trinajstić information content (AvgIpc) is 3.16. The molecule has 0 saturated heterocycles. The molecule has 0 aliphatic rings. The van der Waals surface area contributed by atoms with Crippen molar-refractivity contribution in [1.29, 1.82) is 0 Å². The fourth-order valence-corrected chi connectivity index (χ4v) is 3.74.